The molecule has 0 saturated heterocycles. The summed E-state index contributed by atoms with van der Waals surface area (Å²) in [6.45, 7) is 14.1. The van der Waals surface area contributed by atoms with Crippen molar-refractivity contribution in [3.8, 4) is 0 Å². The van der Waals surface area contributed by atoms with Gasteiger partial charge in [0.05, 0.1) is 0 Å². The van der Waals surface area contributed by atoms with E-state index in [1.165, 1.54) is 64.2 Å². The Morgan fingerprint density at radius 2 is 0.676 bits per heavy atom. The number of carbonyl (C=O) groups excluding carboxylic acids is 2. The molecule has 0 aliphatic heterocycles. The van der Waals surface area contributed by atoms with Crippen LogP contribution in [0.1, 0.15) is 169 Å². The topological polar surface area (TPSA) is 40.6 Å². The Labute approximate surface area is 232 Å². The molecule has 0 atom stereocenters. The van der Waals surface area contributed by atoms with Crippen molar-refractivity contribution in [2.24, 2.45) is 5.92 Å². The van der Waals surface area contributed by atoms with Gasteiger partial charge in [-0.2, -0.15) is 0 Å². The smallest absolute Gasteiger partial charge is 0.235 e. The average Bonchev–Trinajstić information content (AvgIpc) is 2.91. The molecule has 0 fully saturated rings. The van der Waals surface area contributed by atoms with E-state index in [-0.39, 0.29) is 11.8 Å². The summed E-state index contributed by atoms with van der Waals surface area (Å²) < 4.78 is 0. The third-order valence-corrected chi connectivity index (χ3v) is 7.69. The van der Waals surface area contributed by atoms with E-state index >= 15 is 0 Å². The summed E-state index contributed by atoms with van der Waals surface area (Å²) in [5, 5.41) is 0. The molecule has 0 aromatic carbocycles. The third-order valence-electron chi connectivity index (χ3n) is 7.69. The molecule has 37 heavy (non-hydrogen) atoms. The number of nitrogens with zero attached hydrogens (tertiary/aromatic N) is 2. The molecule has 0 rings (SSSR count). The Hall–Kier alpha value is -1.06. The van der Waals surface area contributed by atoms with Gasteiger partial charge in [-0.25, -0.2) is 0 Å². The highest BCUT2D eigenvalue weighted by Crippen LogP contribution is 2.20. The molecule has 0 saturated carbocycles. The number of carbonyl (C=O) groups is 2. The summed E-state index contributed by atoms with van der Waals surface area (Å²) in [5.74, 6) is -0.272. The number of amides is 2. The van der Waals surface area contributed by atoms with E-state index in [0.717, 1.165) is 96.8 Å². The largest absolute Gasteiger partial charge is 0.342 e. The maximum absolute atomic E-state index is 13.8. The Balaban J connectivity index is 4.93. The second-order valence-corrected chi connectivity index (χ2v) is 11.3. The fourth-order valence-corrected chi connectivity index (χ4v) is 5.04. The van der Waals surface area contributed by atoms with E-state index in [0.29, 0.717) is 0 Å². The monoisotopic (exact) mass is 523 g/mol. The Morgan fingerprint density at radius 1 is 0.405 bits per heavy atom. The highest BCUT2D eigenvalue weighted by Gasteiger charge is 2.32. The molecule has 0 N–H and O–H groups in total. The fourth-order valence-electron chi connectivity index (χ4n) is 5.04. The van der Waals surface area contributed by atoms with Crippen LogP contribution < -0.4 is 0 Å². The normalized spacial score (nSPS) is 11.3. The van der Waals surface area contributed by atoms with Gasteiger partial charge >= 0.3 is 0 Å². The second-order valence-electron chi connectivity index (χ2n) is 11.3. The van der Waals surface area contributed by atoms with Gasteiger partial charge in [0.15, 0.2) is 0 Å². The summed E-state index contributed by atoms with van der Waals surface area (Å²) in [6.07, 6.45) is 24.7. The van der Waals surface area contributed by atoms with Crippen LogP contribution in [-0.4, -0.2) is 47.8 Å². The molecule has 2 amide bonds. The molecule has 4 nitrogen and oxygen atoms in total. The SMILES string of the molecule is CCCCCCCCCCCCCCC(C(=O)N(CCCC)CCCC)C(=O)N(CCCC)CCCC. The number of hydrogen-bond acceptors (Lipinski definition) is 2. The lowest BCUT2D eigenvalue weighted by atomic mass is 9.96. The molecule has 0 radical (unpaired) electrons. The zero-order valence-corrected chi connectivity index (χ0v) is 26.0. The summed E-state index contributed by atoms with van der Waals surface area (Å²) in [7, 11) is 0. The molecule has 0 heterocycles. The lowest BCUT2D eigenvalue weighted by Crippen LogP contribution is -2.46. The average molecular weight is 523 g/mol. The minimum atomic E-state index is -0.481. The fraction of sp³-hybridized carbons (Fsp3) is 0.939. The standard InChI is InChI=1S/C33H66N2O2/c1-6-11-16-17-18-19-20-21-22-23-24-25-26-31(32(36)34(27-12-7-2)28-13-8-3)33(37)35(29-14-9-4)30-15-10-5/h31H,6-30H2,1-5H3. The van der Waals surface area contributed by atoms with Crippen molar-refractivity contribution in [3.63, 3.8) is 0 Å². The molecule has 0 aromatic heterocycles. The van der Waals surface area contributed by atoms with Crippen molar-refractivity contribution < 1.29 is 9.59 Å². The van der Waals surface area contributed by atoms with Crippen LogP contribution in [0.4, 0.5) is 0 Å². The Bertz CT molecular complexity index is 474. The van der Waals surface area contributed by atoms with Crippen LogP contribution in [0.15, 0.2) is 0 Å². The lowest BCUT2D eigenvalue weighted by molar-refractivity contribution is -0.148. The first-order valence-electron chi connectivity index (χ1n) is 16.6. The van der Waals surface area contributed by atoms with Crippen LogP contribution in [0.3, 0.4) is 0 Å². The first-order valence-corrected chi connectivity index (χ1v) is 16.6. The number of rotatable bonds is 27. The van der Waals surface area contributed by atoms with Crippen molar-refractivity contribution in [3.05, 3.63) is 0 Å². The minimum absolute atomic E-state index is 0.105. The van der Waals surface area contributed by atoms with Crippen molar-refractivity contribution >= 4 is 11.8 Å². The van der Waals surface area contributed by atoms with Crippen LogP contribution in [0.5, 0.6) is 0 Å². The van der Waals surface area contributed by atoms with E-state index in [9.17, 15) is 9.59 Å². The Kier molecular flexibility index (Phi) is 25.8. The predicted octanol–water partition coefficient (Wildman–Crippen LogP) is 9.55. The van der Waals surface area contributed by atoms with Crippen LogP contribution in [0, 0.1) is 5.92 Å². The molecule has 4 heteroatoms. The van der Waals surface area contributed by atoms with Gasteiger partial charge in [0.2, 0.25) is 11.8 Å². The Morgan fingerprint density at radius 3 is 0.973 bits per heavy atom. The summed E-state index contributed by atoms with van der Waals surface area (Å²) in [6, 6.07) is 0. The molecule has 0 bridgehead atoms. The molecule has 0 aliphatic carbocycles. The molecule has 220 valence electrons. The molecule has 0 aromatic rings. The van der Waals surface area contributed by atoms with Crippen molar-refractivity contribution in [1.82, 2.24) is 9.80 Å². The maximum Gasteiger partial charge on any atom is 0.235 e. The molecule has 0 unspecified atom stereocenters. The maximum atomic E-state index is 13.8. The zero-order chi connectivity index (χ0) is 27.6. The van der Waals surface area contributed by atoms with E-state index in [1.807, 2.05) is 9.80 Å². The van der Waals surface area contributed by atoms with Crippen LogP contribution in [0.2, 0.25) is 0 Å². The highest BCUT2D eigenvalue weighted by molar-refractivity contribution is 6.00. The van der Waals surface area contributed by atoms with Gasteiger partial charge in [-0.3, -0.25) is 9.59 Å². The quantitative estimate of drug-likeness (QED) is 0.0796. The minimum Gasteiger partial charge on any atom is -0.342 e. The molecular formula is C33H66N2O2. The van der Waals surface area contributed by atoms with E-state index in [2.05, 4.69) is 34.6 Å². The van der Waals surface area contributed by atoms with Crippen LogP contribution in [0.25, 0.3) is 0 Å². The van der Waals surface area contributed by atoms with Gasteiger partial charge < -0.3 is 9.80 Å². The van der Waals surface area contributed by atoms with E-state index < -0.39 is 5.92 Å². The van der Waals surface area contributed by atoms with Gasteiger partial charge in [0.25, 0.3) is 0 Å². The van der Waals surface area contributed by atoms with Gasteiger partial charge in [0, 0.05) is 26.2 Å². The van der Waals surface area contributed by atoms with Crippen LogP contribution >= 0.6 is 0 Å². The van der Waals surface area contributed by atoms with E-state index in [1.54, 1.807) is 0 Å². The highest BCUT2D eigenvalue weighted by atomic mass is 16.2. The van der Waals surface area contributed by atoms with Crippen molar-refractivity contribution in [2.45, 2.75) is 169 Å². The van der Waals surface area contributed by atoms with Gasteiger partial charge in [-0.15, -0.1) is 0 Å². The summed E-state index contributed by atoms with van der Waals surface area (Å²) in [4.78, 5) is 31.6. The lowest BCUT2D eigenvalue weighted by Gasteiger charge is -2.31. The van der Waals surface area contributed by atoms with Gasteiger partial charge in [-0.05, 0) is 32.1 Å². The van der Waals surface area contributed by atoms with Gasteiger partial charge in [-0.1, -0.05) is 137 Å². The molecular weight excluding hydrogens is 456 g/mol. The molecule has 0 aliphatic rings. The van der Waals surface area contributed by atoms with Gasteiger partial charge in [0.1, 0.15) is 5.92 Å². The zero-order valence-electron chi connectivity index (χ0n) is 26.0. The first kappa shape index (κ1) is 35.9. The van der Waals surface area contributed by atoms with Crippen LogP contribution in [-0.2, 0) is 9.59 Å². The molecule has 0 spiro atoms. The summed E-state index contributed by atoms with van der Waals surface area (Å²) in [5.41, 5.74) is 0. The first-order chi connectivity index (χ1) is 18.1. The number of unbranched alkanes of at least 4 members (excludes halogenated alkanes) is 15. The van der Waals surface area contributed by atoms with Crippen molar-refractivity contribution in [1.29, 1.82) is 0 Å². The second kappa shape index (κ2) is 26.5. The van der Waals surface area contributed by atoms with Crippen molar-refractivity contribution in [2.75, 3.05) is 26.2 Å². The number of hydrogen-bond donors (Lipinski definition) is 0. The van der Waals surface area contributed by atoms with E-state index in [4.69, 9.17) is 0 Å². The summed E-state index contributed by atoms with van der Waals surface area (Å²) >= 11 is 0. The third kappa shape index (κ3) is 18.8. The predicted molar refractivity (Wildman–Crippen MR) is 162 cm³/mol.